The molecule has 0 fully saturated rings. The molecule has 1 aromatic heterocycles. The fourth-order valence-electron chi connectivity index (χ4n) is 0.521. The number of amides is 1. The zero-order valence-electron chi connectivity index (χ0n) is 5.11. The normalized spacial score (nSPS) is 9.30. The van der Waals surface area contributed by atoms with Crippen molar-refractivity contribution in [3.63, 3.8) is 0 Å². The second kappa shape index (κ2) is 2.36. The van der Waals surface area contributed by atoms with E-state index in [9.17, 15) is 4.79 Å². The molecule has 0 aromatic carbocycles. The maximum absolute atomic E-state index is 10.4. The number of nitrogens with two attached hydrogens (primary N) is 2. The van der Waals surface area contributed by atoms with Gasteiger partial charge < -0.3 is 5.73 Å². The van der Waals surface area contributed by atoms with Crippen molar-refractivity contribution >= 4 is 5.91 Å². The number of nitrogens with zero attached hydrogens (tertiary/aromatic N) is 2. The van der Waals surface area contributed by atoms with Crippen molar-refractivity contribution in [3.8, 4) is 0 Å². The van der Waals surface area contributed by atoms with Gasteiger partial charge in [-0.15, -0.1) is 0 Å². The van der Waals surface area contributed by atoms with Crippen LogP contribution in [-0.2, 0) is 0 Å². The first-order valence-corrected chi connectivity index (χ1v) is 2.55. The van der Waals surface area contributed by atoms with Crippen molar-refractivity contribution in [3.05, 3.63) is 18.0 Å². The molecule has 0 spiro atoms. The minimum absolute atomic E-state index is 0.318. The van der Waals surface area contributed by atoms with Crippen LogP contribution in [0.1, 0.15) is 10.4 Å². The van der Waals surface area contributed by atoms with Crippen molar-refractivity contribution in [1.29, 1.82) is 0 Å². The van der Waals surface area contributed by atoms with Crippen molar-refractivity contribution in [1.82, 2.24) is 9.89 Å². The number of rotatable bonds is 2. The van der Waals surface area contributed by atoms with Crippen molar-refractivity contribution in [2.45, 2.75) is 0 Å². The average Bonchev–Trinajstić information content (AvgIpc) is 2.34. The van der Waals surface area contributed by atoms with E-state index < -0.39 is 5.91 Å². The molecule has 5 N–H and O–H groups in total. The van der Waals surface area contributed by atoms with Crippen LogP contribution in [0.25, 0.3) is 0 Å². The minimum Gasteiger partial charge on any atom is -0.365 e. The standard InChI is InChI=1S/C4H7N5O/c5-4(10)3-1-7-9(2-3)8-6/h1-2,8H,6H2,(H2,5,10). The molecule has 0 atom stereocenters. The van der Waals surface area contributed by atoms with Gasteiger partial charge in [-0.3, -0.25) is 4.79 Å². The number of nitrogens with one attached hydrogen (secondary N) is 1. The molecule has 0 aliphatic heterocycles. The highest BCUT2D eigenvalue weighted by Crippen LogP contribution is 1.91. The van der Waals surface area contributed by atoms with E-state index in [1.807, 2.05) is 0 Å². The summed E-state index contributed by atoms with van der Waals surface area (Å²) in [5.41, 5.74) is 7.44. The van der Waals surface area contributed by atoms with Gasteiger partial charge in [-0.05, 0) is 0 Å². The summed E-state index contributed by atoms with van der Waals surface area (Å²) in [6.07, 6.45) is 2.71. The molecule has 0 aliphatic carbocycles. The lowest BCUT2D eigenvalue weighted by molar-refractivity contribution is 0.100. The van der Waals surface area contributed by atoms with E-state index in [1.165, 1.54) is 17.2 Å². The van der Waals surface area contributed by atoms with E-state index in [1.54, 1.807) is 0 Å². The van der Waals surface area contributed by atoms with Crippen molar-refractivity contribution in [2.75, 3.05) is 5.53 Å². The maximum atomic E-state index is 10.4. The first-order valence-electron chi connectivity index (χ1n) is 2.55. The fraction of sp³-hybridized carbons (Fsp3) is 0. The summed E-state index contributed by atoms with van der Waals surface area (Å²) in [5.74, 6) is 4.44. The Kier molecular flexibility index (Phi) is 1.55. The Labute approximate surface area is 56.7 Å². The summed E-state index contributed by atoms with van der Waals surface area (Å²) in [7, 11) is 0. The van der Waals surface area contributed by atoms with Crippen LogP contribution in [0.15, 0.2) is 12.4 Å². The lowest BCUT2D eigenvalue weighted by Crippen LogP contribution is -2.21. The van der Waals surface area contributed by atoms with Crippen LogP contribution in [0.3, 0.4) is 0 Å². The van der Waals surface area contributed by atoms with Crippen molar-refractivity contribution < 1.29 is 4.79 Å². The molecule has 0 unspecified atom stereocenters. The number of hydrogen-bond donors (Lipinski definition) is 3. The van der Waals surface area contributed by atoms with E-state index in [-0.39, 0.29) is 0 Å². The predicted molar refractivity (Wildman–Crippen MR) is 34.3 cm³/mol. The number of aromatic nitrogens is 2. The second-order valence-corrected chi connectivity index (χ2v) is 1.67. The SMILES string of the molecule is NNn1cc(C(N)=O)cn1. The first kappa shape index (κ1) is 6.56. The van der Waals surface area contributed by atoms with Gasteiger partial charge in [0.15, 0.2) is 0 Å². The minimum atomic E-state index is -0.526. The summed E-state index contributed by atoms with van der Waals surface area (Å²) < 4.78 is 0. The van der Waals surface area contributed by atoms with Crippen LogP contribution in [-0.4, -0.2) is 15.8 Å². The Balaban J connectivity index is 2.88. The zero-order chi connectivity index (χ0) is 7.56. The number of nitrogen functional groups attached to an aromatic ring is 1. The highest BCUT2D eigenvalue weighted by atomic mass is 16.1. The van der Waals surface area contributed by atoms with Gasteiger partial charge in [0.1, 0.15) is 0 Å². The molecule has 1 heterocycles. The highest BCUT2D eigenvalue weighted by Gasteiger charge is 2.01. The van der Waals surface area contributed by atoms with Gasteiger partial charge in [-0.25, -0.2) is 11.4 Å². The molecule has 0 saturated carbocycles. The number of carbonyl (C=O) groups is 1. The maximum Gasteiger partial charge on any atom is 0.251 e. The number of hydrazine groups is 1. The third kappa shape index (κ3) is 1.06. The van der Waals surface area contributed by atoms with E-state index in [4.69, 9.17) is 11.6 Å². The van der Waals surface area contributed by atoms with Gasteiger partial charge in [0, 0.05) is 0 Å². The molecule has 0 bridgehead atoms. The van der Waals surface area contributed by atoms with Gasteiger partial charge >= 0.3 is 0 Å². The lowest BCUT2D eigenvalue weighted by Gasteiger charge is -1.93. The van der Waals surface area contributed by atoms with Crippen LogP contribution in [0.4, 0.5) is 0 Å². The number of primary amides is 1. The Hall–Kier alpha value is -1.56. The quantitative estimate of drug-likeness (QED) is 0.341. The van der Waals surface area contributed by atoms with Gasteiger partial charge in [-0.1, -0.05) is 0 Å². The highest BCUT2D eigenvalue weighted by molar-refractivity contribution is 5.92. The molecule has 10 heavy (non-hydrogen) atoms. The molecule has 54 valence electrons. The molecule has 1 amide bonds. The van der Waals surface area contributed by atoms with Crippen LogP contribution in [0.2, 0.25) is 0 Å². The third-order valence-corrected chi connectivity index (χ3v) is 0.999. The summed E-state index contributed by atoms with van der Waals surface area (Å²) in [4.78, 5) is 11.6. The summed E-state index contributed by atoms with van der Waals surface area (Å²) in [5, 5.41) is 3.64. The van der Waals surface area contributed by atoms with Crippen LogP contribution in [0, 0.1) is 0 Å². The Morgan fingerprint density at radius 2 is 2.50 bits per heavy atom. The molecule has 0 saturated heterocycles. The van der Waals surface area contributed by atoms with Crippen LogP contribution >= 0.6 is 0 Å². The monoisotopic (exact) mass is 141 g/mol. The molecule has 6 nitrogen and oxygen atoms in total. The van der Waals surface area contributed by atoms with Crippen LogP contribution in [0.5, 0.6) is 0 Å². The fourth-order valence-corrected chi connectivity index (χ4v) is 0.521. The molecular weight excluding hydrogens is 134 g/mol. The average molecular weight is 141 g/mol. The molecule has 1 rings (SSSR count). The lowest BCUT2D eigenvalue weighted by atomic mass is 10.4. The molecule has 6 heteroatoms. The van der Waals surface area contributed by atoms with E-state index in [0.717, 1.165) is 0 Å². The van der Waals surface area contributed by atoms with E-state index in [0.29, 0.717) is 5.56 Å². The topological polar surface area (TPSA) is 99.0 Å². The van der Waals surface area contributed by atoms with E-state index >= 15 is 0 Å². The Bertz CT molecular complexity index is 242. The summed E-state index contributed by atoms with van der Waals surface area (Å²) in [6.45, 7) is 0. The number of carbonyl (C=O) groups excluding carboxylic acids is 1. The number of hydrogen-bond acceptors (Lipinski definition) is 4. The van der Waals surface area contributed by atoms with E-state index in [2.05, 4.69) is 10.6 Å². The smallest absolute Gasteiger partial charge is 0.251 e. The Morgan fingerprint density at radius 3 is 2.80 bits per heavy atom. The van der Waals surface area contributed by atoms with Crippen LogP contribution < -0.4 is 17.1 Å². The van der Waals surface area contributed by atoms with Crippen molar-refractivity contribution in [2.24, 2.45) is 11.6 Å². The predicted octanol–water partition coefficient (Wildman–Crippen LogP) is -1.60. The largest absolute Gasteiger partial charge is 0.365 e. The third-order valence-electron chi connectivity index (χ3n) is 0.999. The first-order chi connectivity index (χ1) is 4.74. The van der Waals surface area contributed by atoms with Gasteiger partial charge in [0.05, 0.1) is 18.0 Å². The Morgan fingerprint density at radius 1 is 1.80 bits per heavy atom. The molecular formula is C4H7N5O. The zero-order valence-corrected chi connectivity index (χ0v) is 5.11. The summed E-state index contributed by atoms with van der Waals surface area (Å²) in [6, 6.07) is 0. The second-order valence-electron chi connectivity index (χ2n) is 1.67. The van der Waals surface area contributed by atoms with Gasteiger partial charge in [0.25, 0.3) is 5.91 Å². The van der Waals surface area contributed by atoms with Gasteiger partial charge in [0.2, 0.25) is 0 Å². The molecule has 0 aliphatic rings. The van der Waals surface area contributed by atoms with Gasteiger partial charge in [-0.2, -0.15) is 9.89 Å². The summed E-state index contributed by atoms with van der Waals surface area (Å²) >= 11 is 0. The molecule has 0 radical (unpaired) electrons. The molecule has 1 aromatic rings.